The number of rotatable bonds is 2. The Morgan fingerprint density at radius 1 is 1.38 bits per heavy atom. The lowest BCUT2D eigenvalue weighted by atomic mass is 9.98. The molecule has 2 nitrogen and oxygen atoms in total. The zero-order valence-corrected chi connectivity index (χ0v) is 8.23. The first-order valence-corrected chi connectivity index (χ1v) is 4.30. The maximum absolute atomic E-state index is 13.0. The first-order valence-electron chi connectivity index (χ1n) is 4.30. The minimum Gasteiger partial charge on any atom is -0.481 e. The fourth-order valence-corrected chi connectivity index (χ4v) is 1.45. The molecule has 0 aliphatic heterocycles. The normalized spacial score (nSPS) is 11.6. The second kappa shape index (κ2) is 4.11. The van der Waals surface area contributed by atoms with Crippen LogP contribution in [0.1, 0.15) is 16.7 Å². The molecule has 1 aromatic carbocycles. The van der Waals surface area contributed by atoms with Gasteiger partial charge in [0.2, 0.25) is 0 Å². The summed E-state index contributed by atoms with van der Waals surface area (Å²) in [5.74, 6) is -2.39. The van der Waals surface area contributed by atoms with Crippen LogP contribution in [0, 0.1) is 12.7 Å². The zero-order valence-electron chi connectivity index (χ0n) is 8.23. The maximum Gasteiger partial charge on any atom is 0.417 e. The van der Waals surface area contributed by atoms with Crippen LogP contribution in [0.25, 0.3) is 0 Å². The van der Waals surface area contributed by atoms with Crippen LogP contribution >= 0.6 is 0 Å². The van der Waals surface area contributed by atoms with E-state index >= 15 is 0 Å². The highest BCUT2D eigenvalue weighted by atomic mass is 19.4. The molecule has 0 bridgehead atoms. The summed E-state index contributed by atoms with van der Waals surface area (Å²) in [5, 5.41) is 8.46. The minimum atomic E-state index is -4.75. The summed E-state index contributed by atoms with van der Waals surface area (Å²) in [5.41, 5.74) is -2.21. The highest BCUT2D eigenvalue weighted by Crippen LogP contribution is 2.35. The van der Waals surface area contributed by atoms with Crippen molar-refractivity contribution < 1.29 is 27.5 Å². The van der Waals surface area contributed by atoms with E-state index in [1.807, 2.05) is 0 Å². The summed E-state index contributed by atoms with van der Waals surface area (Å²) in [7, 11) is 0. The van der Waals surface area contributed by atoms with Crippen LogP contribution in [0.15, 0.2) is 12.1 Å². The Morgan fingerprint density at radius 2 is 1.94 bits per heavy atom. The van der Waals surface area contributed by atoms with E-state index < -0.39 is 41.1 Å². The number of carboxylic acids is 1. The summed E-state index contributed by atoms with van der Waals surface area (Å²) < 4.78 is 50.7. The van der Waals surface area contributed by atoms with Crippen LogP contribution in [-0.2, 0) is 17.4 Å². The molecule has 88 valence electrons. The molecule has 6 heteroatoms. The third-order valence-corrected chi connectivity index (χ3v) is 2.11. The molecule has 0 heterocycles. The summed E-state index contributed by atoms with van der Waals surface area (Å²) in [6.45, 7) is 0.976. The number of halogens is 4. The molecular weight excluding hydrogens is 228 g/mol. The Morgan fingerprint density at radius 3 is 2.38 bits per heavy atom. The highest BCUT2D eigenvalue weighted by molar-refractivity contribution is 5.71. The molecule has 0 aliphatic carbocycles. The van der Waals surface area contributed by atoms with Crippen LogP contribution in [-0.4, -0.2) is 11.1 Å². The van der Waals surface area contributed by atoms with Gasteiger partial charge in [-0.3, -0.25) is 4.79 Å². The number of carboxylic acid groups (broad SMARTS) is 1. The van der Waals surface area contributed by atoms with Crippen LogP contribution in [0.2, 0.25) is 0 Å². The number of benzene rings is 1. The third kappa shape index (κ3) is 2.50. The first kappa shape index (κ1) is 12.5. The summed E-state index contributed by atoms with van der Waals surface area (Å²) >= 11 is 0. The van der Waals surface area contributed by atoms with Gasteiger partial charge in [-0.1, -0.05) is 6.07 Å². The van der Waals surface area contributed by atoms with E-state index in [9.17, 15) is 22.4 Å². The molecule has 0 unspecified atom stereocenters. The molecule has 0 atom stereocenters. The SMILES string of the molecule is Cc1c(F)ccc(CC(=O)O)c1C(F)(F)F. The van der Waals surface area contributed by atoms with Crippen LogP contribution in [0.4, 0.5) is 17.6 Å². The van der Waals surface area contributed by atoms with Crippen molar-refractivity contribution in [2.24, 2.45) is 0 Å². The molecule has 0 saturated heterocycles. The highest BCUT2D eigenvalue weighted by Gasteiger charge is 2.36. The predicted octanol–water partition coefficient (Wildman–Crippen LogP) is 2.78. The van der Waals surface area contributed by atoms with Crippen molar-refractivity contribution in [3.05, 3.63) is 34.6 Å². The van der Waals surface area contributed by atoms with Gasteiger partial charge in [0.1, 0.15) is 5.82 Å². The van der Waals surface area contributed by atoms with Gasteiger partial charge in [-0.15, -0.1) is 0 Å². The van der Waals surface area contributed by atoms with Crippen LogP contribution < -0.4 is 0 Å². The Bertz CT molecular complexity index is 424. The smallest absolute Gasteiger partial charge is 0.417 e. The standard InChI is InChI=1S/C10H8F4O2/c1-5-7(11)3-2-6(4-8(15)16)9(5)10(12,13)14/h2-3H,4H2,1H3,(H,15,16). The number of alkyl halides is 3. The van der Waals surface area contributed by atoms with E-state index in [-0.39, 0.29) is 0 Å². The molecule has 0 saturated carbocycles. The van der Waals surface area contributed by atoms with E-state index in [0.717, 1.165) is 19.1 Å². The summed E-state index contributed by atoms with van der Waals surface area (Å²) in [6, 6.07) is 1.68. The number of aliphatic carboxylic acids is 1. The monoisotopic (exact) mass is 236 g/mol. The number of hydrogen-bond acceptors (Lipinski definition) is 1. The number of hydrogen-bond donors (Lipinski definition) is 1. The molecule has 0 aliphatic rings. The Hall–Kier alpha value is -1.59. The van der Waals surface area contributed by atoms with E-state index in [1.165, 1.54) is 0 Å². The molecule has 0 amide bonds. The maximum atomic E-state index is 13.0. The van der Waals surface area contributed by atoms with Crippen molar-refractivity contribution in [1.29, 1.82) is 0 Å². The molecule has 0 aromatic heterocycles. The second-order valence-corrected chi connectivity index (χ2v) is 3.27. The van der Waals surface area contributed by atoms with Crippen molar-refractivity contribution in [2.75, 3.05) is 0 Å². The molecule has 0 fully saturated rings. The van der Waals surface area contributed by atoms with Gasteiger partial charge in [-0.05, 0) is 24.1 Å². The average molecular weight is 236 g/mol. The fraction of sp³-hybridized carbons (Fsp3) is 0.300. The van der Waals surface area contributed by atoms with E-state index in [1.54, 1.807) is 0 Å². The molecule has 16 heavy (non-hydrogen) atoms. The Labute approximate surface area is 88.5 Å². The average Bonchev–Trinajstić information content (AvgIpc) is 2.08. The van der Waals surface area contributed by atoms with Crippen molar-refractivity contribution >= 4 is 5.97 Å². The van der Waals surface area contributed by atoms with Gasteiger partial charge in [-0.2, -0.15) is 13.2 Å². The van der Waals surface area contributed by atoms with Crippen LogP contribution in [0.5, 0.6) is 0 Å². The molecule has 1 N–H and O–H groups in total. The lowest BCUT2D eigenvalue weighted by molar-refractivity contribution is -0.140. The van der Waals surface area contributed by atoms with E-state index in [4.69, 9.17) is 5.11 Å². The first-order chi connectivity index (χ1) is 7.23. The molecule has 0 radical (unpaired) electrons. The van der Waals surface area contributed by atoms with Gasteiger partial charge in [-0.25, -0.2) is 4.39 Å². The van der Waals surface area contributed by atoms with Gasteiger partial charge >= 0.3 is 12.1 Å². The van der Waals surface area contributed by atoms with Gasteiger partial charge in [0.15, 0.2) is 0 Å². The van der Waals surface area contributed by atoms with Crippen LogP contribution in [0.3, 0.4) is 0 Å². The third-order valence-electron chi connectivity index (χ3n) is 2.11. The van der Waals surface area contributed by atoms with Crippen molar-refractivity contribution in [1.82, 2.24) is 0 Å². The van der Waals surface area contributed by atoms with Crippen molar-refractivity contribution in [3.63, 3.8) is 0 Å². The topological polar surface area (TPSA) is 37.3 Å². The Kier molecular flexibility index (Phi) is 3.21. The molecule has 1 aromatic rings. The van der Waals surface area contributed by atoms with Gasteiger partial charge in [0.25, 0.3) is 0 Å². The second-order valence-electron chi connectivity index (χ2n) is 3.27. The molecule has 1 rings (SSSR count). The lowest BCUT2D eigenvalue weighted by Gasteiger charge is -2.15. The van der Waals surface area contributed by atoms with Crippen molar-refractivity contribution in [2.45, 2.75) is 19.5 Å². The largest absolute Gasteiger partial charge is 0.481 e. The predicted molar refractivity (Wildman–Crippen MR) is 47.5 cm³/mol. The summed E-state index contributed by atoms with van der Waals surface area (Å²) in [4.78, 5) is 10.4. The number of carbonyl (C=O) groups is 1. The summed E-state index contributed by atoms with van der Waals surface area (Å²) in [6.07, 6.45) is -5.53. The Balaban J connectivity index is 3.39. The van der Waals surface area contributed by atoms with Gasteiger partial charge in [0, 0.05) is 0 Å². The van der Waals surface area contributed by atoms with Gasteiger partial charge in [0.05, 0.1) is 12.0 Å². The van der Waals surface area contributed by atoms with Crippen molar-refractivity contribution in [3.8, 4) is 0 Å². The van der Waals surface area contributed by atoms with E-state index in [0.29, 0.717) is 0 Å². The zero-order chi connectivity index (χ0) is 12.5. The molecule has 0 spiro atoms. The quantitative estimate of drug-likeness (QED) is 0.801. The van der Waals surface area contributed by atoms with E-state index in [2.05, 4.69) is 0 Å². The van der Waals surface area contributed by atoms with Gasteiger partial charge < -0.3 is 5.11 Å². The lowest BCUT2D eigenvalue weighted by Crippen LogP contribution is -2.15. The fourth-order valence-electron chi connectivity index (χ4n) is 1.45. The minimum absolute atomic E-state index is 0.432. The molecular formula is C10H8F4O2.